The number of hydrogen-bond acceptors (Lipinski definition) is 3. The molecule has 0 saturated heterocycles. The number of ether oxygens (including phenoxy) is 2. The Balaban J connectivity index is 2.29. The molecule has 0 spiro atoms. The molecule has 0 atom stereocenters. The van der Waals surface area contributed by atoms with Gasteiger partial charge in [-0.1, -0.05) is 18.2 Å². The normalized spacial score (nSPS) is 10.6. The Morgan fingerprint density at radius 3 is 2.56 bits per heavy atom. The Kier molecular flexibility index (Phi) is 6.61. The van der Waals surface area contributed by atoms with E-state index in [9.17, 15) is 4.79 Å². The summed E-state index contributed by atoms with van der Waals surface area (Å²) in [7, 11) is 1.63. The second kappa shape index (κ2) is 8.01. The van der Waals surface area contributed by atoms with Gasteiger partial charge in [0.05, 0.1) is 19.8 Å². The first-order valence-corrected chi connectivity index (χ1v) is 6.28. The van der Waals surface area contributed by atoms with E-state index in [1.165, 1.54) is 11.1 Å². The summed E-state index contributed by atoms with van der Waals surface area (Å²) in [6.45, 7) is 5.74. The average molecular weight is 250 g/mol. The molecular weight excluding hydrogens is 228 g/mol. The molecular formula is C15H22O3. The van der Waals surface area contributed by atoms with Gasteiger partial charge in [-0.3, -0.25) is 4.79 Å². The zero-order chi connectivity index (χ0) is 13.4. The number of benzene rings is 1. The molecule has 1 aromatic carbocycles. The van der Waals surface area contributed by atoms with Crippen molar-refractivity contribution in [3.8, 4) is 0 Å². The molecule has 0 heterocycles. The minimum atomic E-state index is 0.218. The van der Waals surface area contributed by atoms with Gasteiger partial charge in [0, 0.05) is 20.0 Å². The lowest BCUT2D eigenvalue weighted by Gasteiger charge is -2.05. The molecule has 0 aliphatic heterocycles. The zero-order valence-corrected chi connectivity index (χ0v) is 11.5. The number of ketones is 1. The van der Waals surface area contributed by atoms with E-state index in [1.54, 1.807) is 7.11 Å². The molecule has 1 aromatic rings. The fourth-order valence-electron chi connectivity index (χ4n) is 1.66. The topological polar surface area (TPSA) is 35.5 Å². The van der Waals surface area contributed by atoms with Gasteiger partial charge in [-0.05, 0) is 30.5 Å². The van der Waals surface area contributed by atoms with Crippen LogP contribution in [0.3, 0.4) is 0 Å². The molecule has 1 rings (SSSR count). The van der Waals surface area contributed by atoms with E-state index < -0.39 is 0 Å². The molecule has 0 amide bonds. The van der Waals surface area contributed by atoms with E-state index in [2.05, 4.69) is 26.0 Å². The van der Waals surface area contributed by atoms with Crippen LogP contribution in [0.2, 0.25) is 0 Å². The summed E-state index contributed by atoms with van der Waals surface area (Å²) in [5.41, 5.74) is 3.57. The SMILES string of the molecule is COCCOCCC(=O)Cc1ccc(C)c(C)c1. The first-order chi connectivity index (χ1) is 8.63. The van der Waals surface area contributed by atoms with Crippen molar-refractivity contribution in [2.75, 3.05) is 26.9 Å². The number of carbonyl (C=O) groups is 1. The lowest BCUT2D eigenvalue weighted by atomic mass is 10.0. The first-order valence-electron chi connectivity index (χ1n) is 6.28. The summed E-state index contributed by atoms with van der Waals surface area (Å²) >= 11 is 0. The molecule has 0 saturated carbocycles. The smallest absolute Gasteiger partial charge is 0.139 e. The van der Waals surface area contributed by atoms with Crippen LogP contribution >= 0.6 is 0 Å². The van der Waals surface area contributed by atoms with Crippen molar-refractivity contribution in [2.45, 2.75) is 26.7 Å². The summed E-state index contributed by atoms with van der Waals surface area (Å²) in [5.74, 6) is 0.218. The van der Waals surface area contributed by atoms with Crippen LogP contribution in [-0.2, 0) is 20.7 Å². The van der Waals surface area contributed by atoms with Crippen molar-refractivity contribution in [1.29, 1.82) is 0 Å². The van der Waals surface area contributed by atoms with Crippen molar-refractivity contribution >= 4 is 5.78 Å². The fourth-order valence-corrected chi connectivity index (χ4v) is 1.66. The minimum Gasteiger partial charge on any atom is -0.382 e. The summed E-state index contributed by atoms with van der Waals surface area (Å²) in [4.78, 5) is 11.7. The second-order valence-corrected chi connectivity index (χ2v) is 4.49. The van der Waals surface area contributed by atoms with E-state index in [0.29, 0.717) is 32.7 Å². The molecule has 3 heteroatoms. The summed E-state index contributed by atoms with van der Waals surface area (Å²) in [5, 5.41) is 0. The molecule has 0 fully saturated rings. The van der Waals surface area contributed by atoms with Crippen LogP contribution in [0.4, 0.5) is 0 Å². The third-order valence-electron chi connectivity index (χ3n) is 2.93. The highest BCUT2D eigenvalue weighted by Crippen LogP contribution is 2.11. The van der Waals surface area contributed by atoms with Crippen LogP contribution < -0.4 is 0 Å². The summed E-state index contributed by atoms with van der Waals surface area (Å²) in [6, 6.07) is 6.16. The van der Waals surface area contributed by atoms with E-state index in [0.717, 1.165) is 5.56 Å². The van der Waals surface area contributed by atoms with E-state index in [4.69, 9.17) is 9.47 Å². The summed E-state index contributed by atoms with van der Waals surface area (Å²) in [6.07, 6.45) is 0.964. The number of aryl methyl sites for hydroxylation is 2. The standard InChI is InChI=1S/C15H22O3/c1-12-4-5-14(10-13(12)2)11-15(16)6-7-18-9-8-17-3/h4-5,10H,6-9,11H2,1-3H3. The molecule has 0 aliphatic rings. The van der Waals surface area contributed by atoms with Crippen LogP contribution in [0.5, 0.6) is 0 Å². The molecule has 0 aliphatic carbocycles. The average Bonchev–Trinajstić information content (AvgIpc) is 2.34. The van der Waals surface area contributed by atoms with Crippen LogP contribution in [-0.4, -0.2) is 32.7 Å². The Morgan fingerprint density at radius 2 is 1.89 bits per heavy atom. The number of rotatable bonds is 8. The van der Waals surface area contributed by atoms with Crippen molar-refractivity contribution in [3.63, 3.8) is 0 Å². The van der Waals surface area contributed by atoms with Crippen LogP contribution in [0, 0.1) is 13.8 Å². The Bertz CT molecular complexity index is 385. The molecule has 0 N–H and O–H groups in total. The number of Topliss-reactive ketones (excluding diaryl/α,β-unsaturated/α-hetero) is 1. The predicted molar refractivity (Wildman–Crippen MR) is 71.9 cm³/mol. The van der Waals surface area contributed by atoms with Gasteiger partial charge < -0.3 is 9.47 Å². The predicted octanol–water partition coefficient (Wildman–Crippen LogP) is 2.47. The summed E-state index contributed by atoms with van der Waals surface area (Å²) < 4.78 is 10.1. The maximum Gasteiger partial charge on any atom is 0.139 e. The lowest BCUT2D eigenvalue weighted by molar-refractivity contribution is -0.119. The van der Waals surface area contributed by atoms with Crippen molar-refractivity contribution < 1.29 is 14.3 Å². The van der Waals surface area contributed by atoms with Crippen molar-refractivity contribution in [3.05, 3.63) is 34.9 Å². The van der Waals surface area contributed by atoms with E-state index in [1.807, 2.05) is 6.07 Å². The molecule has 3 nitrogen and oxygen atoms in total. The Labute approximate surface area is 109 Å². The number of carbonyl (C=O) groups excluding carboxylic acids is 1. The first kappa shape index (κ1) is 14.9. The highest BCUT2D eigenvalue weighted by Gasteiger charge is 2.04. The van der Waals surface area contributed by atoms with Crippen molar-refractivity contribution in [1.82, 2.24) is 0 Å². The number of methoxy groups -OCH3 is 1. The third-order valence-corrected chi connectivity index (χ3v) is 2.93. The maximum atomic E-state index is 11.7. The van der Waals surface area contributed by atoms with Gasteiger partial charge >= 0.3 is 0 Å². The molecule has 18 heavy (non-hydrogen) atoms. The monoisotopic (exact) mass is 250 g/mol. The fraction of sp³-hybridized carbons (Fsp3) is 0.533. The maximum absolute atomic E-state index is 11.7. The molecule has 0 bridgehead atoms. The number of hydrogen-bond donors (Lipinski definition) is 0. The van der Waals surface area contributed by atoms with Gasteiger partial charge in [-0.2, -0.15) is 0 Å². The van der Waals surface area contributed by atoms with Crippen LogP contribution in [0.1, 0.15) is 23.1 Å². The Hall–Kier alpha value is -1.19. The van der Waals surface area contributed by atoms with Crippen molar-refractivity contribution in [2.24, 2.45) is 0 Å². The quantitative estimate of drug-likeness (QED) is 0.665. The van der Waals surface area contributed by atoms with Gasteiger partial charge in [0.1, 0.15) is 5.78 Å². The molecule has 0 radical (unpaired) electrons. The van der Waals surface area contributed by atoms with Gasteiger partial charge in [0.25, 0.3) is 0 Å². The van der Waals surface area contributed by atoms with Gasteiger partial charge in [-0.25, -0.2) is 0 Å². The lowest BCUT2D eigenvalue weighted by Crippen LogP contribution is -2.09. The van der Waals surface area contributed by atoms with Gasteiger partial charge in [0.2, 0.25) is 0 Å². The van der Waals surface area contributed by atoms with Crippen LogP contribution in [0.25, 0.3) is 0 Å². The van der Waals surface area contributed by atoms with Gasteiger partial charge in [0.15, 0.2) is 0 Å². The highest BCUT2D eigenvalue weighted by atomic mass is 16.5. The second-order valence-electron chi connectivity index (χ2n) is 4.49. The minimum absolute atomic E-state index is 0.218. The molecule has 0 aromatic heterocycles. The largest absolute Gasteiger partial charge is 0.382 e. The molecule has 0 unspecified atom stereocenters. The Morgan fingerprint density at radius 1 is 1.11 bits per heavy atom. The highest BCUT2D eigenvalue weighted by molar-refractivity contribution is 5.81. The molecule has 100 valence electrons. The van der Waals surface area contributed by atoms with E-state index in [-0.39, 0.29) is 5.78 Å². The van der Waals surface area contributed by atoms with Gasteiger partial charge in [-0.15, -0.1) is 0 Å². The van der Waals surface area contributed by atoms with Crippen LogP contribution in [0.15, 0.2) is 18.2 Å². The zero-order valence-electron chi connectivity index (χ0n) is 11.5. The van der Waals surface area contributed by atoms with E-state index >= 15 is 0 Å². The third kappa shape index (κ3) is 5.43.